The minimum Gasteiger partial charge on any atom is -0.465 e. The van der Waals surface area contributed by atoms with Crippen LogP contribution in [-0.4, -0.2) is 40.8 Å². The number of rotatable bonds is 7. The highest BCUT2D eigenvalue weighted by Gasteiger charge is 2.45. The van der Waals surface area contributed by atoms with Crippen molar-refractivity contribution < 1.29 is 19.4 Å². The van der Waals surface area contributed by atoms with Crippen molar-refractivity contribution in [2.45, 2.75) is 58.1 Å². The summed E-state index contributed by atoms with van der Waals surface area (Å²) >= 11 is 0. The molecule has 0 radical (unpaired) electrons. The Morgan fingerprint density at radius 2 is 2.00 bits per heavy atom. The predicted octanol–water partition coefficient (Wildman–Crippen LogP) is 2.25. The zero-order valence-corrected chi connectivity index (χ0v) is 10.5. The first-order valence-corrected chi connectivity index (χ1v) is 6.28. The SMILES string of the molecule is CCCCCCCN(C(=O)O)[C@H]1C(=O)O[C@H]1C. The van der Waals surface area contributed by atoms with Gasteiger partial charge in [-0.05, 0) is 13.3 Å². The summed E-state index contributed by atoms with van der Waals surface area (Å²) in [6.45, 7) is 4.28. The van der Waals surface area contributed by atoms with Crippen LogP contribution in [-0.2, 0) is 9.53 Å². The highest BCUT2D eigenvalue weighted by atomic mass is 16.6. The van der Waals surface area contributed by atoms with Gasteiger partial charge in [-0.25, -0.2) is 9.59 Å². The number of nitrogens with zero attached hydrogens (tertiary/aromatic N) is 1. The van der Waals surface area contributed by atoms with E-state index in [0.717, 1.165) is 25.7 Å². The summed E-state index contributed by atoms with van der Waals surface area (Å²) in [5.41, 5.74) is 0. The maximum absolute atomic E-state index is 11.2. The van der Waals surface area contributed by atoms with Gasteiger partial charge in [-0.1, -0.05) is 32.6 Å². The van der Waals surface area contributed by atoms with Crippen LogP contribution in [0.2, 0.25) is 0 Å². The summed E-state index contributed by atoms with van der Waals surface area (Å²) < 4.78 is 4.78. The summed E-state index contributed by atoms with van der Waals surface area (Å²) in [5, 5.41) is 9.07. The molecule has 98 valence electrons. The topological polar surface area (TPSA) is 66.8 Å². The van der Waals surface area contributed by atoms with Gasteiger partial charge in [-0.15, -0.1) is 0 Å². The normalized spacial score (nSPS) is 22.8. The van der Waals surface area contributed by atoms with Gasteiger partial charge in [-0.3, -0.25) is 4.90 Å². The first kappa shape index (κ1) is 13.8. The van der Waals surface area contributed by atoms with Crippen LogP contribution in [0.1, 0.15) is 46.0 Å². The third-order valence-electron chi connectivity index (χ3n) is 3.07. The molecule has 1 aliphatic rings. The average molecular weight is 243 g/mol. The molecule has 1 amide bonds. The van der Waals surface area contributed by atoms with Gasteiger partial charge in [0.15, 0.2) is 6.04 Å². The quantitative estimate of drug-likeness (QED) is 0.550. The van der Waals surface area contributed by atoms with Crippen LogP contribution in [0.4, 0.5) is 4.79 Å². The number of hydrogen-bond acceptors (Lipinski definition) is 3. The van der Waals surface area contributed by atoms with Crippen LogP contribution in [0.25, 0.3) is 0 Å². The lowest BCUT2D eigenvalue weighted by atomic mass is 10.1. The van der Waals surface area contributed by atoms with Gasteiger partial charge in [0.05, 0.1) is 0 Å². The number of carboxylic acid groups (broad SMARTS) is 1. The minimum absolute atomic E-state index is 0.311. The Morgan fingerprint density at radius 3 is 2.47 bits per heavy atom. The molecule has 0 unspecified atom stereocenters. The number of amides is 1. The van der Waals surface area contributed by atoms with Crippen molar-refractivity contribution in [1.29, 1.82) is 0 Å². The molecule has 5 nitrogen and oxygen atoms in total. The molecule has 17 heavy (non-hydrogen) atoms. The van der Waals surface area contributed by atoms with Crippen molar-refractivity contribution in [2.24, 2.45) is 0 Å². The van der Waals surface area contributed by atoms with Gasteiger partial charge < -0.3 is 9.84 Å². The Morgan fingerprint density at radius 1 is 1.35 bits per heavy atom. The van der Waals surface area contributed by atoms with Crippen LogP contribution in [0, 0.1) is 0 Å². The number of cyclic esters (lactones) is 1. The molecule has 1 N–H and O–H groups in total. The molecule has 1 saturated heterocycles. The third-order valence-corrected chi connectivity index (χ3v) is 3.07. The monoisotopic (exact) mass is 243 g/mol. The lowest BCUT2D eigenvalue weighted by Gasteiger charge is -2.39. The van der Waals surface area contributed by atoms with Crippen LogP contribution >= 0.6 is 0 Å². The van der Waals surface area contributed by atoms with Crippen LogP contribution < -0.4 is 0 Å². The molecule has 1 rings (SSSR count). The van der Waals surface area contributed by atoms with Crippen molar-refractivity contribution in [1.82, 2.24) is 4.90 Å². The highest BCUT2D eigenvalue weighted by Crippen LogP contribution is 2.21. The Labute approximate surface area is 102 Å². The second-order valence-electron chi connectivity index (χ2n) is 4.48. The fourth-order valence-electron chi connectivity index (χ4n) is 2.06. The molecule has 0 spiro atoms. The minimum atomic E-state index is -1.03. The molecule has 5 heteroatoms. The number of ether oxygens (including phenoxy) is 1. The molecule has 0 aromatic rings. The predicted molar refractivity (Wildman–Crippen MR) is 62.8 cm³/mol. The van der Waals surface area contributed by atoms with Crippen molar-refractivity contribution in [3.8, 4) is 0 Å². The summed E-state index contributed by atoms with van der Waals surface area (Å²) in [4.78, 5) is 23.5. The van der Waals surface area contributed by atoms with Crippen LogP contribution in [0.15, 0.2) is 0 Å². The molecule has 0 bridgehead atoms. The second-order valence-corrected chi connectivity index (χ2v) is 4.48. The second kappa shape index (κ2) is 6.47. The Kier molecular flexibility index (Phi) is 5.25. The number of esters is 1. The Bertz CT molecular complexity index is 280. The van der Waals surface area contributed by atoms with E-state index in [1.807, 2.05) is 0 Å². The third kappa shape index (κ3) is 3.61. The Hall–Kier alpha value is -1.26. The Balaban J connectivity index is 2.34. The van der Waals surface area contributed by atoms with Gasteiger partial charge in [0, 0.05) is 6.54 Å². The van der Waals surface area contributed by atoms with E-state index in [0.29, 0.717) is 6.54 Å². The van der Waals surface area contributed by atoms with Crippen molar-refractivity contribution in [2.75, 3.05) is 6.54 Å². The van der Waals surface area contributed by atoms with Gasteiger partial charge >= 0.3 is 12.1 Å². The van der Waals surface area contributed by atoms with E-state index in [1.54, 1.807) is 6.92 Å². The van der Waals surface area contributed by atoms with E-state index in [2.05, 4.69) is 6.92 Å². The number of carbonyl (C=O) groups is 2. The fourth-order valence-corrected chi connectivity index (χ4v) is 2.06. The van der Waals surface area contributed by atoms with E-state index >= 15 is 0 Å². The molecule has 0 aromatic carbocycles. The average Bonchev–Trinajstić information content (AvgIpc) is 2.26. The first-order chi connectivity index (χ1) is 8.07. The van der Waals surface area contributed by atoms with E-state index in [9.17, 15) is 9.59 Å². The van der Waals surface area contributed by atoms with E-state index in [1.165, 1.54) is 11.3 Å². The standard InChI is InChI=1S/C12H21NO4/c1-3-4-5-6-7-8-13(12(15)16)10-9(2)17-11(10)14/h9-10H,3-8H2,1-2H3,(H,15,16)/t9-,10+/m0/s1. The summed E-state index contributed by atoms with van der Waals surface area (Å²) in [5.74, 6) is -0.423. The van der Waals surface area contributed by atoms with Crippen LogP contribution in [0.3, 0.4) is 0 Å². The highest BCUT2D eigenvalue weighted by molar-refractivity contribution is 5.85. The summed E-state index contributed by atoms with van der Waals surface area (Å²) in [6, 6.07) is -0.598. The number of carbonyl (C=O) groups excluding carboxylic acids is 1. The molecular formula is C12H21NO4. The van der Waals surface area contributed by atoms with Crippen molar-refractivity contribution in [3.05, 3.63) is 0 Å². The van der Waals surface area contributed by atoms with Gasteiger partial charge in [-0.2, -0.15) is 0 Å². The molecule has 0 aliphatic carbocycles. The lowest BCUT2D eigenvalue weighted by molar-refractivity contribution is -0.183. The van der Waals surface area contributed by atoms with Gasteiger partial charge in [0.25, 0.3) is 0 Å². The zero-order chi connectivity index (χ0) is 12.8. The maximum atomic E-state index is 11.2. The zero-order valence-electron chi connectivity index (χ0n) is 10.5. The maximum Gasteiger partial charge on any atom is 0.408 e. The summed E-state index contributed by atoms with van der Waals surface area (Å²) in [6.07, 6.45) is 3.93. The molecule has 0 aromatic heterocycles. The van der Waals surface area contributed by atoms with E-state index in [-0.39, 0.29) is 6.10 Å². The fraction of sp³-hybridized carbons (Fsp3) is 0.833. The van der Waals surface area contributed by atoms with Crippen LogP contribution in [0.5, 0.6) is 0 Å². The van der Waals surface area contributed by atoms with E-state index < -0.39 is 18.1 Å². The first-order valence-electron chi connectivity index (χ1n) is 6.28. The molecular weight excluding hydrogens is 222 g/mol. The molecule has 2 atom stereocenters. The smallest absolute Gasteiger partial charge is 0.408 e. The molecule has 0 saturated carbocycles. The molecule has 1 fully saturated rings. The van der Waals surface area contributed by atoms with Crippen molar-refractivity contribution in [3.63, 3.8) is 0 Å². The van der Waals surface area contributed by atoms with Crippen molar-refractivity contribution >= 4 is 12.1 Å². The molecule has 1 aliphatic heterocycles. The van der Waals surface area contributed by atoms with Gasteiger partial charge in [0.2, 0.25) is 0 Å². The largest absolute Gasteiger partial charge is 0.465 e. The van der Waals surface area contributed by atoms with E-state index in [4.69, 9.17) is 9.84 Å². The lowest BCUT2D eigenvalue weighted by Crippen LogP contribution is -2.60. The number of hydrogen-bond donors (Lipinski definition) is 1. The van der Waals surface area contributed by atoms with Gasteiger partial charge in [0.1, 0.15) is 6.10 Å². The number of unbranched alkanes of at least 4 members (excludes halogenated alkanes) is 4. The molecule has 1 heterocycles. The summed E-state index contributed by atoms with van der Waals surface area (Å²) in [7, 11) is 0.